The summed E-state index contributed by atoms with van der Waals surface area (Å²) in [6.07, 6.45) is -5.74. The molecule has 1 unspecified atom stereocenters. The van der Waals surface area contributed by atoms with Gasteiger partial charge in [-0.25, -0.2) is 0 Å². The number of esters is 3. The average Bonchev–Trinajstić information content (AvgIpc) is 3.05. The topological polar surface area (TPSA) is 135 Å². The predicted molar refractivity (Wildman–Crippen MR) is 127 cm³/mol. The molecule has 36 heavy (non-hydrogen) atoms. The molecule has 2 heterocycles. The third-order valence-corrected chi connectivity index (χ3v) is 7.36. The second-order valence-electron chi connectivity index (χ2n) is 7.56. The minimum absolute atomic E-state index is 0.256. The maximum absolute atomic E-state index is 13.5. The van der Waals surface area contributed by atoms with E-state index in [2.05, 4.69) is 16.3 Å². The Morgan fingerprint density at radius 2 is 1.31 bits per heavy atom. The molecule has 5 atom stereocenters. The van der Waals surface area contributed by atoms with Crippen molar-refractivity contribution in [1.82, 2.24) is 4.90 Å². The quantitative estimate of drug-likeness (QED) is 0.147. The Morgan fingerprint density at radius 3 is 1.72 bits per heavy atom. The van der Waals surface area contributed by atoms with Gasteiger partial charge in [-0.2, -0.15) is 0 Å². The number of rotatable bonds is 6. The van der Waals surface area contributed by atoms with Crippen LogP contribution in [-0.4, -0.2) is 71.9 Å². The first kappa shape index (κ1) is 28.9. The van der Waals surface area contributed by atoms with Crippen LogP contribution < -0.4 is 0 Å². The first-order valence-corrected chi connectivity index (χ1v) is 12.1. The van der Waals surface area contributed by atoms with Gasteiger partial charge in [-0.15, -0.1) is 0 Å². The first-order valence-electron chi connectivity index (χ1n) is 9.96. The lowest BCUT2D eigenvalue weighted by Crippen LogP contribution is -2.67. The smallest absolute Gasteiger partial charge is 0.303 e. The molecule has 0 radical (unpaired) electrons. The van der Waals surface area contributed by atoms with Gasteiger partial charge in [0.15, 0.2) is 18.5 Å². The highest BCUT2D eigenvalue weighted by atomic mass is 79.9. The maximum atomic E-state index is 13.5. The van der Waals surface area contributed by atoms with Gasteiger partial charge in [0.05, 0.1) is 31.2 Å². The fourth-order valence-corrected chi connectivity index (χ4v) is 5.19. The van der Waals surface area contributed by atoms with Crippen LogP contribution in [0.3, 0.4) is 0 Å². The van der Waals surface area contributed by atoms with E-state index in [1.165, 1.54) is 0 Å². The van der Waals surface area contributed by atoms with Gasteiger partial charge in [-0.05, 0) is 0 Å². The zero-order valence-corrected chi connectivity index (χ0v) is 23.1. The molecule has 1 fully saturated rings. The monoisotopic (exact) mass is 649 g/mol. The summed E-state index contributed by atoms with van der Waals surface area (Å²) in [6, 6.07) is -1.55. The zero-order valence-electron chi connectivity index (χ0n) is 18.5. The van der Waals surface area contributed by atoms with E-state index in [4.69, 9.17) is 69.2 Å². The molecule has 1 aromatic carbocycles. The molecule has 11 nitrogen and oxygen atoms in total. The molecular weight excluding hydrogens is 636 g/mol. The number of imide groups is 1. The van der Waals surface area contributed by atoms with Crippen LogP contribution in [0.4, 0.5) is 0 Å². The Kier molecular flexibility index (Phi) is 9.13. The van der Waals surface area contributed by atoms with Gasteiger partial charge in [0.25, 0.3) is 11.8 Å². The first-order chi connectivity index (χ1) is 16.8. The van der Waals surface area contributed by atoms with Crippen molar-refractivity contribution in [2.75, 3.05) is 6.61 Å². The summed E-state index contributed by atoms with van der Waals surface area (Å²) in [6.45, 7) is 2.81. The van der Waals surface area contributed by atoms with Crippen LogP contribution in [-0.2, 0) is 37.2 Å². The van der Waals surface area contributed by atoms with E-state index in [0.29, 0.717) is 4.90 Å². The highest BCUT2D eigenvalue weighted by molar-refractivity contribution is 9.06. The Hall–Kier alpha value is -1.67. The van der Waals surface area contributed by atoms with Crippen molar-refractivity contribution in [3.63, 3.8) is 0 Å². The molecule has 0 bridgehead atoms. The number of nitrogens with zero attached hydrogens (tertiary/aromatic N) is 1. The van der Waals surface area contributed by atoms with Crippen molar-refractivity contribution < 1.29 is 46.7 Å². The number of ether oxygens (including phenoxy) is 4. The van der Waals surface area contributed by atoms with Gasteiger partial charge in [-0.1, -0.05) is 46.4 Å². The van der Waals surface area contributed by atoms with Gasteiger partial charge in [0, 0.05) is 20.8 Å². The molecule has 1 aromatic rings. The van der Waals surface area contributed by atoms with Gasteiger partial charge < -0.3 is 18.9 Å². The van der Waals surface area contributed by atoms with E-state index in [0.717, 1.165) is 20.8 Å². The molecule has 0 spiro atoms. The Balaban J connectivity index is 2.15. The minimum atomic E-state index is -1.55. The number of hydrogen-bond donors (Lipinski definition) is 0. The van der Waals surface area contributed by atoms with Crippen molar-refractivity contribution >= 4 is 92.4 Å². The number of fused-ring (bicyclic) bond motifs is 1. The predicted octanol–water partition coefficient (Wildman–Crippen LogP) is 3.74. The van der Waals surface area contributed by atoms with Crippen molar-refractivity contribution in [1.29, 1.82) is 0 Å². The van der Waals surface area contributed by atoms with E-state index >= 15 is 0 Å². The van der Waals surface area contributed by atoms with Gasteiger partial charge in [-0.3, -0.25) is 32.7 Å². The van der Waals surface area contributed by atoms with E-state index in [-0.39, 0.29) is 31.2 Å². The fourth-order valence-electron chi connectivity index (χ4n) is 3.87. The lowest BCUT2D eigenvalue weighted by Gasteiger charge is -2.46. The van der Waals surface area contributed by atoms with Gasteiger partial charge in [0.1, 0.15) is 35.0 Å². The van der Waals surface area contributed by atoms with Crippen LogP contribution in [0.2, 0.25) is 20.1 Å². The molecule has 16 heteroatoms. The summed E-state index contributed by atoms with van der Waals surface area (Å²) in [5.74, 6) is -4.33. The minimum Gasteiger partial charge on any atom is -0.463 e. The summed E-state index contributed by atoms with van der Waals surface area (Å²) in [5.41, 5.74) is -0.691. The molecular formula is C20H16BrCl4NO10. The standard InChI is InChI=1S/C20H16BrCl4NO10/c1-5(27)32-4-8-16(33-6(2)28)17(34-7(3)29)15(20(35-8)36-21)26-18(30)9-10(19(26)31)12(23)14(25)13(24)11(9)22/h8,15-17,20H,4H2,1-3H3/t8-,15-,16-,17-,20?/m1/s1. The molecule has 2 aliphatic rings. The van der Waals surface area contributed by atoms with Crippen LogP contribution in [0.15, 0.2) is 0 Å². The normalized spacial score (nSPS) is 25.4. The van der Waals surface area contributed by atoms with Gasteiger partial charge in [0.2, 0.25) is 0 Å². The molecule has 1 saturated heterocycles. The van der Waals surface area contributed by atoms with Crippen molar-refractivity contribution in [3.8, 4) is 0 Å². The van der Waals surface area contributed by atoms with Crippen LogP contribution >= 0.6 is 62.7 Å². The highest BCUT2D eigenvalue weighted by Gasteiger charge is 2.58. The summed E-state index contributed by atoms with van der Waals surface area (Å²) >= 11 is 27.3. The largest absolute Gasteiger partial charge is 0.463 e. The molecule has 0 saturated carbocycles. The van der Waals surface area contributed by atoms with Crippen LogP contribution in [0.25, 0.3) is 0 Å². The summed E-state index contributed by atoms with van der Waals surface area (Å²) in [7, 11) is 0. The van der Waals surface area contributed by atoms with E-state index in [1.54, 1.807) is 0 Å². The average molecular weight is 652 g/mol. The lowest BCUT2D eigenvalue weighted by molar-refractivity contribution is -0.260. The third kappa shape index (κ3) is 5.31. The van der Waals surface area contributed by atoms with Crippen LogP contribution in [0, 0.1) is 0 Å². The SMILES string of the molecule is CC(=O)OC[C@H]1OC(OBr)[C@H](N2C(=O)c3c(Cl)c(Cl)c(Cl)c(Cl)c3C2=O)[C@@H](OC(C)=O)[C@@H]1OC(C)=O. The fraction of sp³-hybridized carbons (Fsp3) is 0.450. The maximum Gasteiger partial charge on any atom is 0.303 e. The summed E-state index contributed by atoms with van der Waals surface area (Å²) in [5, 5.41) is -1.17. The molecule has 196 valence electrons. The van der Waals surface area contributed by atoms with Crippen molar-refractivity contribution in [3.05, 3.63) is 31.2 Å². The van der Waals surface area contributed by atoms with Crippen molar-refractivity contribution in [2.24, 2.45) is 0 Å². The molecule has 2 amide bonds. The number of halogens is 5. The number of benzene rings is 1. The van der Waals surface area contributed by atoms with Crippen molar-refractivity contribution in [2.45, 2.75) is 51.4 Å². The van der Waals surface area contributed by atoms with E-state index in [9.17, 15) is 24.0 Å². The molecule has 0 N–H and O–H groups in total. The lowest BCUT2D eigenvalue weighted by atomic mass is 9.95. The molecule has 2 aliphatic heterocycles. The van der Waals surface area contributed by atoms with E-state index < -0.39 is 67.0 Å². The molecule has 3 rings (SSSR count). The van der Waals surface area contributed by atoms with Gasteiger partial charge >= 0.3 is 17.9 Å². The second-order valence-corrected chi connectivity index (χ2v) is 9.45. The highest BCUT2D eigenvalue weighted by Crippen LogP contribution is 2.46. The number of carbonyl (C=O) groups is 5. The third-order valence-electron chi connectivity index (χ3n) is 5.19. The number of amides is 2. The summed E-state index contributed by atoms with van der Waals surface area (Å²) in [4.78, 5) is 62.9. The number of carbonyl (C=O) groups excluding carboxylic acids is 5. The Morgan fingerprint density at radius 1 is 0.833 bits per heavy atom. The number of hydrogen-bond acceptors (Lipinski definition) is 10. The second kappa shape index (κ2) is 11.4. The molecule has 0 aliphatic carbocycles. The van der Waals surface area contributed by atoms with E-state index in [1.807, 2.05) is 0 Å². The zero-order chi connectivity index (χ0) is 27.1. The molecule has 0 aromatic heterocycles. The van der Waals surface area contributed by atoms with Crippen LogP contribution in [0.1, 0.15) is 41.5 Å². The Bertz CT molecular complexity index is 1100. The van der Waals surface area contributed by atoms with Crippen LogP contribution in [0.5, 0.6) is 0 Å². The summed E-state index contributed by atoms with van der Waals surface area (Å²) < 4.78 is 26.6. The Labute approximate surface area is 232 Å².